The summed E-state index contributed by atoms with van der Waals surface area (Å²) in [6.45, 7) is 0. The number of nitro groups is 1. The van der Waals surface area contributed by atoms with Crippen molar-refractivity contribution in [1.29, 1.82) is 0 Å². The molecule has 0 bridgehead atoms. The van der Waals surface area contributed by atoms with Crippen molar-refractivity contribution >= 4 is 21.6 Å². The van der Waals surface area contributed by atoms with E-state index in [0.29, 0.717) is 10.2 Å². The fourth-order valence-electron chi connectivity index (χ4n) is 2.07. The van der Waals surface area contributed by atoms with Crippen LogP contribution >= 0.6 is 15.9 Å². The van der Waals surface area contributed by atoms with Crippen molar-refractivity contribution in [3.8, 4) is 5.75 Å². The molecular formula is C12H14BrNO4. The lowest BCUT2D eigenvalue weighted by molar-refractivity contribution is -0.385. The maximum absolute atomic E-state index is 10.7. The molecule has 98 valence electrons. The summed E-state index contributed by atoms with van der Waals surface area (Å²) in [5, 5.41) is 20.5. The van der Waals surface area contributed by atoms with Gasteiger partial charge < -0.3 is 9.84 Å². The first-order valence-electron chi connectivity index (χ1n) is 5.86. The molecule has 5 nitrogen and oxygen atoms in total. The van der Waals surface area contributed by atoms with E-state index in [1.54, 1.807) is 6.07 Å². The predicted octanol–water partition coefficient (Wildman–Crippen LogP) is 3.04. The van der Waals surface area contributed by atoms with Crippen LogP contribution < -0.4 is 4.74 Å². The van der Waals surface area contributed by atoms with Crippen LogP contribution in [0.3, 0.4) is 0 Å². The van der Waals surface area contributed by atoms with Gasteiger partial charge in [-0.15, -0.1) is 0 Å². The number of nitrogens with zero attached hydrogens (tertiary/aromatic N) is 1. The molecule has 0 radical (unpaired) electrons. The van der Waals surface area contributed by atoms with Crippen LogP contribution in [0.2, 0.25) is 0 Å². The summed E-state index contributed by atoms with van der Waals surface area (Å²) >= 11 is 3.30. The normalized spacial score (nSPS) is 23.7. The molecule has 2 atom stereocenters. The molecule has 1 aliphatic rings. The minimum atomic E-state index is -0.495. The van der Waals surface area contributed by atoms with Crippen LogP contribution in [0.15, 0.2) is 22.7 Å². The van der Waals surface area contributed by atoms with E-state index in [1.165, 1.54) is 12.1 Å². The lowest BCUT2D eigenvalue weighted by Gasteiger charge is -2.28. The van der Waals surface area contributed by atoms with Crippen molar-refractivity contribution in [2.24, 2.45) is 0 Å². The molecule has 1 fully saturated rings. The quantitative estimate of drug-likeness (QED) is 0.687. The fraction of sp³-hybridized carbons (Fsp3) is 0.500. The minimum absolute atomic E-state index is 0.0153. The van der Waals surface area contributed by atoms with E-state index >= 15 is 0 Å². The van der Waals surface area contributed by atoms with Crippen LogP contribution in [0.5, 0.6) is 5.75 Å². The van der Waals surface area contributed by atoms with E-state index in [2.05, 4.69) is 15.9 Å². The minimum Gasteiger partial charge on any atom is -0.486 e. The van der Waals surface area contributed by atoms with Gasteiger partial charge in [0, 0.05) is 6.07 Å². The molecule has 0 amide bonds. The van der Waals surface area contributed by atoms with Crippen LogP contribution in [0.25, 0.3) is 0 Å². The van der Waals surface area contributed by atoms with Gasteiger partial charge in [-0.2, -0.15) is 0 Å². The average molecular weight is 316 g/mol. The third-order valence-electron chi connectivity index (χ3n) is 3.07. The van der Waals surface area contributed by atoms with Crippen molar-refractivity contribution in [1.82, 2.24) is 0 Å². The van der Waals surface area contributed by atoms with Crippen LogP contribution in [-0.2, 0) is 0 Å². The van der Waals surface area contributed by atoms with Crippen molar-refractivity contribution in [2.45, 2.75) is 37.9 Å². The number of hydrogen-bond donors (Lipinski definition) is 1. The summed E-state index contributed by atoms with van der Waals surface area (Å²) < 4.78 is 6.35. The average Bonchev–Trinajstić information content (AvgIpc) is 2.34. The van der Waals surface area contributed by atoms with Gasteiger partial charge in [0.1, 0.15) is 11.9 Å². The first-order valence-corrected chi connectivity index (χ1v) is 6.66. The molecule has 1 aromatic rings. The second kappa shape index (κ2) is 5.67. The Morgan fingerprint density at radius 3 is 2.78 bits per heavy atom. The molecule has 0 aliphatic heterocycles. The van der Waals surface area contributed by atoms with Gasteiger partial charge in [-0.25, -0.2) is 0 Å². The molecule has 0 unspecified atom stereocenters. The lowest BCUT2D eigenvalue weighted by Crippen LogP contribution is -2.34. The van der Waals surface area contributed by atoms with Crippen LogP contribution in [-0.4, -0.2) is 22.2 Å². The molecule has 0 spiro atoms. The summed E-state index contributed by atoms with van der Waals surface area (Å²) in [5.74, 6) is 0.412. The van der Waals surface area contributed by atoms with E-state index < -0.39 is 11.0 Å². The number of nitro benzene ring substituents is 1. The highest BCUT2D eigenvalue weighted by molar-refractivity contribution is 9.10. The monoisotopic (exact) mass is 315 g/mol. The van der Waals surface area contributed by atoms with Gasteiger partial charge in [-0.3, -0.25) is 10.1 Å². The number of non-ortho nitro benzene ring substituents is 1. The Hall–Kier alpha value is -1.14. The molecular weight excluding hydrogens is 302 g/mol. The zero-order valence-corrected chi connectivity index (χ0v) is 11.3. The van der Waals surface area contributed by atoms with Crippen LogP contribution in [0.4, 0.5) is 5.69 Å². The smallest absolute Gasteiger partial charge is 0.273 e. The largest absolute Gasteiger partial charge is 0.486 e. The zero-order valence-electron chi connectivity index (χ0n) is 9.71. The van der Waals surface area contributed by atoms with Gasteiger partial charge >= 0.3 is 0 Å². The Balaban J connectivity index is 2.17. The highest BCUT2D eigenvalue weighted by Crippen LogP contribution is 2.32. The summed E-state index contributed by atoms with van der Waals surface area (Å²) in [4.78, 5) is 10.2. The Bertz CT molecular complexity index is 452. The second-order valence-corrected chi connectivity index (χ2v) is 5.23. The molecule has 0 aromatic heterocycles. The first kappa shape index (κ1) is 13.3. The van der Waals surface area contributed by atoms with E-state index in [4.69, 9.17) is 4.74 Å². The van der Waals surface area contributed by atoms with Crippen LogP contribution in [0, 0.1) is 10.1 Å². The molecule has 6 heteroatoms. The number of hydrogen-bond acceptors (Lipinski definition) is 4. The van der Waals surface area contributed by atoms with Crippen molar-refractivity contribution in [2.75, 3.05) is 0 Å². The third kappa shape index (κ3) is 3.00. The predicted molar refractivity (Wildman–Crippen MR) is 69.7 cm³/mol. The molecule has 1 saturated carbocycles. The van der Waals surface area contributed by atoms with Gasteiger partial charge in [-0.1, -0.05) is 6.42 Å². The van der Waals surface area contributed by atoms with Gasteiger partial charge in [0.15, 0.2) is 0 Å². The maximum Gasteiger partial charge on any atom is 0.273 e. The van der Waals surface area contributed by atoms with Gasteiger partial charge in [-0.05, 0) is 41.3 Å². The topological polar surface area (TPSA) is 72.6 Å². The van der Waals surface area contributed by atoms with Gasteiger partial charge in [0.25, 0.3) is 5.69 Å². The van der Waals surface area contributed by atoms with Gasteiger partial charge in [0.2, 0.25) is 0 Å². The number of benzene rings is 1. The van der Waals surface area contributed by atoms with Crippen LogP contribution in [0.1, 0.15) is 25.7 Å². The molecule has 1 aliphatic carbocycles. The van der Waals surface area contributed by atoms with Gasteiger partial charge in [0.05, 0.1) is 21.6 Å². The Kier molecular flexibility index (Phi) is 4.19. The summed E-state index contributed by atoms with van der Waals surface area (Å²) in [7, 11) is 0. The third-order valence-corrected chi connectivity index (χ3v) is 3.73. The van der Waals surface area contributed by atoms with E-state index in [9.17, 15) is 15.2 Å². The molecule has 18 heavy (non-hydrogen) atoms. The highest BCUT2D eigenvalue weighted by atomic mass is 79.9. The number of aliphatic hydroxyl groups excluding tert-OH is 1. The second-order valence-electron chi connectivity index (χ2n) is 4.38. The summed E-state index contributed by atoms with van der Waals surface area (Å²) in [6, 6.07) is 4.38. The Labute approximate surface area is 113 Å². The highest BCUT2D eigenvalue weighted by Gasteiger charge is 2.25. The Morgan fingerprint density at radius 2 is 2.11 bits per heavy atom. The standard InChI is InChI=1S/C12H14BrNO4/c13-9-6-5-8(14(16)17)7-12(9)18-11-4-2-1-3-10(11)15/h5-7,10-11,15H,1-4H2/t10-,11-/m1/s1. The molecule has 1 N–H and O–H groups in total. The van der Waals surface area contributed by atoms with Crippen molar-refractivity contribution < 1.29 is 14.8 Å². The summed E-state index contributed by atoms with van der Waals surface area (Å²) in [6.07, 6.45) is 2.72. The molecule has 2 rings (SSSR count). The van der Waals surface area contributed by atoms with E-state index in [0.717, 1.165) is 25.7 Å². The van der Waals surface area contributed by atoms with Crippen molar-refractivity contribution in [3.63, 3.8) is 0 Å². The van der Waals surface area contributed by atoms with E-state index in [-0.39, 0.29) is 11.8 Å². The fourth-order valence-corrected chi connectivity index (χ4v) is 2.41. The number of rotatable bonds is 3. The van der Waals surface area contributed by atoms with Crippen molar-refractivity contribution in [3.05, 3.63) is 32.8 Å². The SMILES string of the molecule is O=[N+]([O-])c1ccc(Br)c(O[C@@H]2CCCC[C@H]2O)c1. The number of aliphatic hydroxyl groups is 1. The number of ether oxygens (including phenoxy) is 1. The molecule has 0 saturated heterocycles. The Morgan fingerprint density at radius 1 is 1.39 bits per heavy atom. The molecule has 0 heterocycles. The summed E-state index contributed by atoms with van der Waals surface area (Å²) in [5.41, 5.74) is -0.0153. The lowest BCUT2D eigenvalue weighted by atomic mass is 9.95. The first-order chi connectivity index (χ1) is 8.58. The zero-order chi connectivity index (χ0) is 13.1. The maximum atomic E-state index is 10.7. The number of halogens is 1. The van der Waals surface area contributed by atoms with E-state index in [1.807, 2.05) is 0 Å². The molecule has 1 aromatic carbocycles.